The van der Waals surface area contributed by atoms with Gasteiger partial charge in [0.1, 0.15) is 5.69 Å². The summed E-state index contributed by atoms with van der Waals surface area (Å²) >= 11 is 0. The minimum Gasteiger partial charge on any atom is -0.349 e. The Hall–Kier alpha value is -1.93. The van der Waals surface area contributed by atoms with Crippen LogP contribution in [0, 0.1) is 0 Å². The number of hydrogen-bond donors (Lipinski definition) is 4. The molecule has 4 N–H and O–H groups in total. The van der Waals surface area contributed by atoms with Gasteiger partial charge in [-0.25, -0.2) is 4.79 Å². The molecule has 8 nitrogen and oxygen atoms in total. The van der Waals surface area contributed by atoms with Crippen molar-refractivity contribution in [3.63, 3.8) is 0 Å². The lowest BCUT2D eigenvalue weighted by atomic mass is 10.3. The van der Waals surface area contributed by atoms with Crippen molar-refractivity contribution in [2.24, 2.45) is 0 Å². The fraction of sp³-hybridized carbons (Fsp3) is 0.545. The Kier molecular flexibility index (Phi) is 4.48. The Morgan fingerprint density at radius 1 is 1.26 bits per heavy atom. The minimum absolute atomic E-state index is 0.0194. The zero-order valence-corrected chi connectivity index (χ0v) is 10.5. The quantitative estimate of drug-likeness (QED) is 0.490. The summed E-state index contributed by atoms with van der Waals surface area (Å²) in [4.78, 5) is 40.4. The second-order valence-corrected chi connectivity index (χ2v) is 4.35. The SMILES string of the molecule is O=C(NCCN1CCNCC1)c1cc(=O)[nH]c(=O)[nH]1. The summed E-state index contributed by atoms with van der Waals surface area (Å²) in [5.41, 5.74) is -1.29. The molecule has 19 heavy (non-hydrogen) atoms. The summed E-state index contributed by atoms with van der Waals surface area (Å²) in [6.45, 7) is 5.05. The second-order valence-electron chi connectivity index (χ2n) is 4.35. The molecule has 0 atom stereocenters. The number of H-pyrrole nitrogens is 2. The van der Waals surface area contributed by atoms with Crippen LogP contribution in [0.3, 0.4) is 0 Å². The van der Waals surface area contributed by atoms with Crippen LogP contribution in [0.2, 0.25) is 0 Å². The Morgan fingerprint density at radius 3 is 2.68 bits per heavy atom. The first-order valence-electron chi connectivity index (χ1n) is 6.20. The van der Waals surface area contributed by atoms with Gasteiger partial charge < -0.3 is 15.6 Å². The molecule has 0 unspecified atom stereocenters. The molecule has 0 bridgehead atoms. The van der Waals surface area contributed by atoms with Crippen LogP contribution in [0.4, 0.5) is 0 Å². The van der Waals surface area contributed by atoms with Crippen LogP contribution in [0.15, 0.2) is 15.7 Å². The Labute approximate surface area is 109 Å². The molecule has 1 amide bonds. The van der Waals surface area contributed by atoms with Gasteiger partial charge >= 0.3 is 5.69 Å². The van der Waals surface area contributed by atoms with E-state index in [1.807, 2.05) is 4.98 Å². The predicted octanol–water partition coefficient (Wildman–Crippen LogP) is -2.30. The highest BCUT2D eigenvalue weighted by atomic mass is 16.2. The second kappa shape index (κ2) is 6.30. The van der Waals surface area contributed by atoms with E-state index in [1.54, 1.807) is 0 Å². The molecule has 1 fully saturated rings. The summed E-state index contributed by atoms with van der Waals surface area (Å²) in [6, 6.07) is 1.07. The van der Waals surface area contributed by atoms with E-state index < -0.39 is 17.2 Å². The van der Waals surface area contributed by atoms with Crippen LogP contribution in [0.25, 0.3) is 0 Å². The topological polar surface area (TPSA) is 110 Å². The summed E-state index contributed by atoms with van der Waals surface area (Å²) < 4.78 is 0. The fourth-order valence-corrected chi connectivity index (χ4v) is 1.95. The number of amides is 1. The number of rotatable bonds is 4. The van der Waals surface area contributed by atoms with Crippen LogP contribution < -0.4 is 21.9 Å². The van der Waals surface area contributed by atoms with Crippen LogP contribution in [0.1, 0.15) is 10.5 Å². The van der Waals surface area contributed by atoms with Crippen molar-refractivity contribution in [3.05, 3.63) is 32.6 Å². The lowest BCUT2D eigenvalue weighted by molar-refractivity contribution is 0.0941. The van der Waals surface area contributed by atoms with Gasteiger partial charge in [0.25, 0.3) is 11.5 Å². The molecule has 1 aromatic heterocycles. The molecule has 0 saturated carbocycles. The van der Waals surface area contributed by atoms with E-state index in [0.717, 1.165) is 38.8 Å². The van der Waals surface area contributed by atoms with Crippen LogP contribution >= 0.6 is 0 Å². The normalized spacial score (nSPS) is 16.2. The standard InChI is InChI=1S/C11H17N5O3/c17-9-7-8(14-11(19)15-9)10(18)13-3-6-16-4-1-12-2-5-16/h7,12H,1-6H2,(H,13,18)(H2,14,15,17,19). The molecule has 2 rings (SSSR count). The molecule has 8 heteroatoms. The van der Waals surface area contributed by atoms with Gasteiger partial charge in [-0.3, -0.25) is 19.5 Å². The zero-order valence-electron chi connectivity index (χ0n) is 10.5. The third-order valence-corrected chi connectivity index (χ3v) is 2.93. The summed E-state index contributed by atoms with van der Waals surface area (Å²) in [5.74, 6) is -0.446. The summed E-state index contributed by atoms with van der Waals surface area (Å²) in [5, 5.41) is 5.92. The first-order valence-corrected chi connectivity index (χ1v) is 6.20. The highest BCUT2D eigenvalue weighted by molar-refractivity contribution is 5.91. The van der Waals surface area contributed by atoms with Crippen LogP contribution in [-0.4, -0.2) is 60.0 Å². The molecule has 0 spiro atoms. The van der Waals surface area contributed by atoms with E-state index in [9.17, 15) is 14.4 Å². The molecule has 104 valence electrons. The van der Waals surface area contributed by atoms with Gasteiger partial charge in [0.15, 0.2) is 0 Å². The Morgan fingerprint density at radius 2 is 2.00 bits per heavy atom. The van der Waals surface area contributed by atoms with Crippen molar-refractivity contribution in [2.45, 2.75) is 0 Å². The van der Waals surface area contributed by atoms with Gasteiger partial charge in [0.2, 0.25) is 0 Å². The number of piperazine rings is 1. The largest absolute Gasteiger partial charge is 0.349 e. The van der Waals surface area contributed by atoms with E-state index in [2.05, 4.69) is 20.5 Å². The highest BCUT2D eigenvalue weighted by Crippen LogP contribution is 1.91. The fourth-order valence-electron chi connectivity index (χ4n) is 1.95. The van der Waals surface area contributed by atoms with Crippen molar-refractivity contribution >= 4 is 5.91 Å². The molecule has 0 aliphatic carbocycles. The van der Waals surface area contributed by atoms with Gasteiger partial charge in [-0.05, 0) is 0 Å². The van der Waals surface area contributed by atoms with E-state index in [-0.39, 0.29) is 5.69 Å². The van der Waals surface area contributed by atoms with Crippen LogP contribution in [-0.2, 0) is 0 Å². The molecule has 1 aliphatic heterocycles. The maximum Gasteiger partial charge on any atom is 0.326 e. The molecule has 0 radical (unpaired) electrons. The average molecular weight is 267 g/mol. The number of hydrogen-bond acceptors (Lipinski definition) is 5. The van der Waals surface area contributed by atoms with E-state index in [1.165, 1.54) is 0 Å². The molecule has 1 aromatic rings. The lowest BCUT2D eigenvalue weighted by Gasteiger charge is -2.27. The van der Waals surface area contributed by atoms with E-state index in [0.29, 0.717) is 6.54 Å². The number of carbonyl (C=O) groups is 1. The number of nitrogens with one attached hydrogen (secondary N) is 4. The number of carbonyl (C=O) groups excluding carboxylic acids is 1. The highest BCUT2D eigenvalue weighted by Gasteiger charge is 2.11. The Bertz CT molecular complexity index is 516. The van der Waals surface area contributed by atoms with Crippen molar-refractivity contribution < 1.29 is 4.79 Å². The molecule has 0 aromatic carbocycles. The van der Waals surface area contributed by atoms with Crippen molar-refractivity contribution in [2.75, 3.05) is 39.3 Å². The van der Waals surface area contributed by atoms with Gasteiger partial charge in [-0.15, -0.1) is 0 Å². The molecule has 2 heterocycles. The first kappa shape index (κ1) is 13.5. The van der Waals surface area contributed by atoms with Crippen molar-refractivity contribution in [1.82, 2.24) is 25.5 Å². The van der Waals surface area contributed by atoms with Crippen molar-refractivity contribution in [3.8, 4) is 0 Å². The molecule has 1 aliphatic rings. The van der Waals surface area contributed by atoms with E-state index in [4.69, 9.17) is 0 Å². The zero-order chi connectivity index (χ0) is 13.7. The summed E-state index contributed by atoms with van der Waals surface area (Å²) in [7, 11) is 0. The maximum atomic E-state index is 11.7. The third kappa shape index (κ3) is 4.04. The van der Waals surface area contributed by atoms with Crippen molar-refractivity contribution in [1.29, 1.82) is 0 Å². The smallest absolute Gasteiger partial charge is 0.326 e. The molecular weight excluding hydrogens is 250 g/mol. The number of aromatic amines is 2. The van der Waals surface area contributed by atoms with Gasteiger partial charge in [0, 0.05) is 45.3 Å². The molecule has 1 saturated heterocycles. The summed E-state index contributed by atoms with van der Waals surface area (Å²) in [6.07, 6.45) is 0. The minimum atomic E-state index is -0.681. The van der Waals surface area contributed by atoms with Gasteiger partial charge in [-0.2, -0.15) is 0 Å². The average Bonchev–Trinajstić information content (AvgIpc) is 2.38. The molecular formula is C11H17N5O3. The van der Waals surface area contributed by atoms with Gasteiger partial charge in [0.05, 0.1) is 0 Å². The maximum absolute atomic E-state index is 11.7. The van der Waals surface area contributed by atoms with Crippen LogP contribution in [0.5, 0.6) is 0 Å². The monoisotopic (exact) mass is 267 g/mol. The Balaban J connectivity index is 1.83. The lowest BCUT2D eigenvalue weighted by Crippen LogP contribution is -2.46. The van der Waals surface area contributed by atoms with Gasteiger partial charge in [-0.1, -0.05) is 0 Å². The third-order valence-electron chi connectivity index (χ3n) is 2.93. The predicted molar refractivity (Wildman–Crippen MR) is 69.3 cm³/mol. The first-order chi connectivity index (χ1) is 9.15. The number of nitrogens with zero attached hydrogens (tertiary/aromatic N) is 1. The number of aromatic nitrogens is 2. The van der Waals surface area contributed by atoms with E-state index >= 15 is 0 Å².